The monoisotopic (exact) mass is 562 g/mol. The van der Waals surface area contributed by atoms with Crippen LogP contribution in [0.5, 0.6) is 0 Å². The first-order valence-electron chi connectivity index (χ1n) is 11.7. The Morgan fingerprint density at radius 2 is 1.67 bits per heavy atom. The number of nitrogens with two attached hydrogens (primary N) is 1. The molecule has 2 unspecified atom stereocenters. The maximum Gasteiger partial charge on any atom is 0.323 e. The van der Waals surface area contributed by atoms with Crippen molar-refractivity contribution in [2.24, 2.45) is 12.8 Å². The molecule has 0 aliphatic heterocycles. The van der Waals surface area contributed by atoms with Gasteiger partial charge in [-0.15, -0.1) is 0 Å². The Kier molecular flexibility index (Phi) is 10.8. The summed E-state index contributed by atoms with van der Waals surface area (Å²) < 4.78 is 1.29. The number of rotatable bonds is 14. The SMILES string of the molecule is Cc1ccc(C(=O)c2cc(N(CC(=O)O)C(=O)C(CS)NC(=O)CCC(N)C(=O)O)c(CC(=O)O)n2C)cc1. The van der Waals surface area contributed by atoms with Crippen LogP contribution in [0.4, 0.5) is 5.69 Å². The molecule has 0 radical (unpaired) electrons. The number of thiol groups is 1. The molecular formula is C25H30N4O9S. The summed E-state index contributed by atoms with van der Waals surface area (Å²) in [5.74, 6) is -6.41. The molecule has 2 rings (SSSR count). The quantitative estimate of drug-likeness (QED) is 0.136. The third kappa shape index (κ3) is 8.15. The average Bonchev–Trinajstić information content (AvgIpc) is 3.18. The van der Waals surface area contributed by atoms with Crippen LogP contribution in [0.1, 0.15) is 40.2 Å². The van der Waals surface area contributed by atoms with Gasteiger partial charge in [-0.2, -0.15) is 12.6 Å². The molecule has 2 amide bonds. The molecule has 1 aromatic heterocycles. The van der Waals surface area contributed by atoms with Gasteiger partial charge in [0.2, 0.25) is 11.7 Å². The number of carbonyl (C=O) groups excluding carboxylic acids is 3. The predicted octanol–water partition coefficient (Wildman–Crippen LogP) is 0.216. The van der Waals surface area contributed by atoms with E-state index in [1.165, 1.54) is 17.7 Å². The van der Waals surface area contributed by atoms with Crippen LogP contribution in [0.2, 0.25) is 0 Å². The fourth-order valence-electron chi connectivity index (χ4n) is 3.75. The number of amides is 2. The highest BCUT2D eigenvalue weighted by molar-refractivity contribution is 7.80. The number of hydrogen-bond acceptors (Lipinski definition) is 8. The maximum atomic E-state index is 13.5. The minimum atomic E-state index is -1.43. The summed E-state index contributed by atoms with van der Waals surface area (Å²) in [6, 6.07) is 5.21. The molecule has 0 aliphatic carbocycles. The molecule has 39 heavy (non-hydrogen) atoms. The second-order valence-corrected chi connectivity index (χ2v) is 9.16. The van der Waals surface area contributed by atoms with Gasteiger partial charge in [0.05, 0.1) is 23.5 Å². The minimum absolute atomic E-state index is 0.00997. The van der Waals surface area contributed by atoms with Crippen molar-refractivity contribution in [2.45, 2.75) is 38.3 Å². The van der Waals surface area contributed by atoms with Gasteiger partial charge in [0.15, 0.2) is 0 Å². The largest absolute Gasteiger partial charge is 0.481 e. The number of nitrogens with zero attached hydrogens (tertiary/aromatic N) is 2. The summed E-state index contributed by atoms with van der Waals surface area (Å²) in [6.07, 6.45) is -1.17. The molecule has 0 aliphatic rings. The van der Waals surface area contributed by atoms with Crippen molar-refractivity contribution < 1.29 is 44.1 Å². The summed E-state index contributed by atoms with van der Waals surface area (Å²) in [4.78, 5) is 74.1. The van der Waals surface area contributed by atoms with E-state index in [1.54, 1.807) is 24.3 Å². The highest BCUT2D eigenvalue weighted by Gasteiger charge is 2.32. The molecule has 0 spiro atoms. The molecule has 13 nitrogen and oxygen atoms in total. The van der Waals surface area contributed by atoms with Crippen LogP contribution in [0.15, 0.2) is 30.3 Å². The van der Waals surface area contributed by atoms with Gasteiger partial charge in [-0.25, -0.2) is 0 Å². The van der Waals surface area contributed by atoms with Gasteiger partial charge in [0.1, 0.15) is 18.6 Å². The number of aliphatic carboxylic acids is 3. The van der Waals surface area contributed by atoms with Crippen LogP contribution >= 0.6 is 12.6 Å². The zero-order valence-electron chi connectivity index (χ0n) is 21.3. The second kappa shape index (κ2) is 13.6. The Hall–Kier alpha value is -4.17. The maximum absolute atomic E-state index is 13.5. The molecule has 0 saturated carbocycles. The Labute approximate surface area is 229 Å². The van der Waals surface area contributed by atoms with Crippen molar-refractivity contribution in [3.63, 3.8) is 0 Å². The molecule has 0 fully saturated rings. The molecule has 6 N–H and O–H groups in total. The van der Waals surface area contributed by atoms with E-state index < -0.39 is 60.6 Å². The molecule has 1 aromatic carbocycles. The van der Waals surface area contributed by atoms with Crippen LogP contribution in [0, 0.1) is 6.92 Å². The molecule has 2 atom stereocenters. The fourth-order valence-corrected chi connectivity index (χ4v) is 4.00. The third-order valence-corrected chi connectivity index (χ3v) is 6.23. The summed E-state index contributed by atoms with van der Waals surface area (Å²) >= 11 is 4.08. The van der Waals surface area contributed by atoms with Crippen LogP contribution in [0.25, 0.3) is 0 Å². The molecule has 2 aromatic rings. The number of anilines is 1. The molecule has 1 heterocycles. The van der Waals surface area contributed by atoms with E-state index in [2.05, 4.69) is 17.9 Å². The third-order valence-electron chi connectivity index (χ3n) is 5.87. The van der Waals surface area contributed by atoms with Gasteiger partial charge in [-0.3, -0.25) is 33.7 Å². The predicted molar refractivity (Wildman–Crippen MR) is 142 cm³/mol. The number of ketones is 1. The average molecular weight is 563 g/mol. The number of aryl methyl sites for hydroxylation is 1. The van der Waals surface area contributed by atoms with Crippen LogP contribution in [0.3, 0.4) is 0 Å². The van der Waals surface area contributed by atoms with Crippen LogP contribution < -0.4 is 16.0 Å². The van der Waals surface area contributed by atoms with Gasteiger partial charge in [-0.05, 0) is 19.4 Å². The highest BCUT2D eigenvalue weighted by Crippen LogP contribution is 2.28. The molecule has 0 saturated heterocycles. The van der Waals surface area contributed by atoms with Crippen molar-refractivity contribution in [1.82, 2.24) is 9.88 Å². The van der Waals surface area contributed by atoms with Crippen molar-refractivity contribution in [3.8, 4) is 0 Å². The first-order chi connectivity index (χ1) is 18.3. The first kappa shape index (κ1) is 31.1. The number of carboxylic acid groups (broad SMARTS) is 3. The van der Waals surface area contributed by atoms with E-state index in [0.717, 1.165) is 10.5 Å². The van der Waals surface area contributed by atoms with Crippen molar-refractivity contribution >= 4 is 53.8 Å². The number of hydrogen-bond donors (Lipinski definition) is 6. The van der Waals surface area contributed by atoms with E-state index in [4.69, 9.17) is 10.8 Å². The topological polar surface area (TPSA) is 209 Å². The zero-order valence-corrected chi connectivity index (χ0v) is 22.2. The van der Waals surface area contributed by atoms with Gasteiger partial charge < -0.3 is 30.9 Å². The van der Waals surface area contributed by atoms with E-state index in [1.807, 2.05) is 6.92 Å². The number of carbonyl (C=O) groups is 6. The summed E-state index contributed by atoms with van der Waals surface area (Å²) in [5, 5.41) is 30.3. The highest BCUT2D eigenvalue weighted by atomic mass is 32.1. The fraction of sp³-hybridized carbons (Fsp3) is 0.360. The number of benzene rings is 1. The van der Waals surface area contributed by atoms with Gasteiger partial charge >= 0.3 is 17.9 Å². The Morgan fingerprint density at radius 3 is 2.18 bits per heavy atom. The van der Waals surface area contributed by atoms with Crippen molar-refractivity contribution in [1.29, 1.82) is 0 Å². The van der Waals surface area contributed by atoms with Gasteiger partial charge in [0.25, 0.3) is 5.91 Å². The Morgan fingerprint density at radius 1 is 1.05 bits per heavy atom. The smallest absolute Gasteiger partial charge is 0.323 e. The lowest BCUT2D eigenvalue weighted by atomic mass is 10.1. The van der Waals surface area contributed by atoms with E-state index in [9.17, 15) is 39.0 Å². The number of nitrogens with one attached hydrogen (secondary N) is 1. The van der Waals surface area contributed by atoms with E-state index >= 15 is 0 Å². The van der Waals surface area contributed by atoms with Crippen molar-refractivity contribution in [3.05, 3.63) is 52.8 Å². The lowest BCUT2D eigenvalue weighted by Crippen LogP contribution is -2.51. The lowest BCUT2D eigenvalue weighted by molar-refractivity contribution is -0.139. The first-order valence-corrected chi connectivity index (χ1v) is 12.3. The number of carboxylic acids is 3. The standard InChI is InChI=1S/C25H30N4O9S/c1-13-3-5-14(6-4-13)23(35)19-9-18(17(28(19)2)10-21(31)32)29(11-22(33)34)24(36)16(12-39)27-20(30)8-7-15(26)25(37)38/h3-6,9,15-16,39H,7-8,10-12,26H2,1-2H3,(H,27,30)(H,31,32)(H,33,34)(H,37,38). The Balaban J connectivity index is 2.49. The minimum Gasteiger partial charge on any atom is -0.481 e. The van der Waals surface area contributed by atoms with Crippen LogP contribution in [-0.4, -0.2) is 79.8 Å². The summed E-state index contributed by atoms with van der Waals surface area (Å²) in [7, 11) is 1.43. The second-order valence-electron chi connectivity index (χ2n) is 8.79. The summed E-state index contributed by atoms with van der Waals surface area (Å²) in [6.45, 7) is 0.935. The van der Waals surface area contributed by atoms with E-state index in [0.29, 0.717) is 5.56 Å². The molecular weight excluding hydrogens is 532 g/mol. The summed E-state index contributed by atoms with van der Waals surface area (Å²) in [5.41, 5.74) is 6.49. The van der Waals surface area contributed by atoms with Gasteiger partial charge in [-0.1, -0.05) is 29.8 Å². The zero-order chi connectivity index (χ0) is 29.4. The molecule has 14 heteroatoms. The van der Waals surface area contributed by atoms with Gasteiger partial charge in [0, 0.05) is 24.8 Å². The molecule has 0 bridgehead atoms. The lowest BCUT2D eigenvalue weighted by Gasteiger charge is -2.26. The normalized spacial score (nSPS) is 12.3. The van der Waals surface area contributed by atoms with Crippen LogP contribution in [-0.2, 0) is 37.4 Å². The van der Waals surface area contributed by atoms with E-state index in [-0.39, 0.29) is 35.7 Å². The Bertz CT molecular complexity index is 1270. The molecule has 210 valence electrons. The van der Waals surface area contributed by atoms with Crippen molar-refractivity contribution in [2.75, 3.05) is 17.2 Å². The number of aromatic nitrogens is 1.